The standard InChI is InChI=1S/C21H18N4O2/c1-15(17-10-5-6-11-19(17)25-13-7-12-22-25)23-21(26)18-14-20(27-24-18)16-8-3-2-4-9-16/h2-15H,1H3,(H,23,26)/t15-/m0/s1. The van der Waals surface area contributed by atoms with Crippen molar-refractivity contribution in [2.24, 2.45) is 0 Å². The van der Waals surface area contributed by atoms with Crippen LogP contribution in [0.25, 0.3) is 17.0 Å². The summed E-state index contributed by atoms with van der Waals surface area (Å²) in [6.45, 7) is 1.93. The number of hydrogen-bond donors (Lipinski definition) is 1. The fourth-order valence-electron chi connectivity index (χ4n) is 2.94. The summed E-state index contributed by atoms with van der Waals surface area (Å²) in [6, 6.07) is 20.7. The molecule has 6 heteroatoms. The predicted octanol–water partition coefficient (Wildman–Crippen LogP) is 4.02. The molecule has 27 heavy (non-hydrogen) atoms. The fourth-order valence-corrected chi connectivity index (χ4v) is 2.94. The van der Waals surface area contributed by atoms with Gasteiger partial charge in [-0.15, -0.1) is 0 Å². The Labute approximate surface area is 156 Å². The molecule has 4 aromatic rings. The normalized spacial score (nSPS) is 11.9. The first-order chi connectivity index (χ1) is 13.2. The second-order valence-corrected chi connectivity index (χ2v) is 6.15. The fraction of sp³-hybridized carbons (Fsp3) is 0.0952. The first-order valence-electron chi connectivity index (χ1n) is 8.64. The van der Waals surface area contributed by atoms with Crippen LogP contribution in [0, 0.1) is 0 Å². The van der Waals surface area contributed by atoms with E-state index in [1.165, 1.54) is 0 Å². The summed E-state index contributed by atoms with van der Waals surface area (Å²) >= 11 is 0. The van der Waals surface area contributed by atoms with Gasteiger partial charge in [0.05, 0.1) is 11.7 Å². The van der Waals surface area contributed by atoms with Crippen LogP contribution in [0.1, 0.15) is 29.0 Å². The second kappa shape index (κ2) is 7.29. The highest BCUT2D eigenvalue weighted by atomic mass is 16.5. The highest BCUT2D eigenvalue weighted by molar-refractivity contribution is 5.93. The highest BCUT2D eigenvalue weighted by Gasteiger charge is 2.18. The van der Waals surface area contributed by atoms with Crippen molar-refractivity contribution in [3.63, 3.8) is 0 Å². The highest BCUT2D eigenvalue weighted by Crippen LogP contribution is 2.23. The van der Waals surface area contributed by atoms with E-state index in [2.05, 4.69) is 15.6 Å². The summed E-state index contributed by atoms with van der Waals surface area (Å²) in [5.74, 6) is 0.272. The largest absolute Gasteiger partial charge is 0.355 e. The monoisotopic (exact) mass is 358 g/mol. The summed E-state index contributed by atoms with van der Waals surface area (Å²) in [4.78, 5) is 12.6. The average molecular weight is 358 g/mol. The van der Waals surface area contributed by atoms with Gasteiger partial charge in [0.15, 0.2) is 11.5 Å². The Balaban J connectivity index is 1.53. The lowest BCUT2D eigenvalue weighted by molar-refractivity contribution is 0.0931. The molecule has 4 rings (SSSR count). The Kier molecular flexibility index (Phi) is 4.53. The van der Waals surface area contributed by atoms with Gasteiger partial charge in [-0.1, -0.05) is 53.7 Å². The zero-order valence-electron chi connectivity index (χ0n) is 14.7. The molecule has 1 amide bonds. The SMILES string of the molecule is C[C@H](NC(=O)c1cc(-c2ccccc2)on1)c1ccccc1-n1cccn1. The summed E-state index contributed by atoms with van der Waals surface area (Å²) in [5.41, 5.74) is 3.00. The van der Waals surface area contributed by atoms with Crippen LogP contribution in [0.2, 0.25) is 0 Å². The minimum atomic E-state index is -0.288. The van der Waals surface area contributed by atoms with Crippen LogP contribution in [0.5, 0.6) is 0 Å². The van der Waals surface area contributed by atoms with Crippen LogP contribution in [-0.4, -0.2) is 20.8 Å². The molecule has 0 aliphatic heterocycles. The third kappa shape index (κ3) is 3.50. The zero-order chi connectivity index (χ0) is 18.6. The maximum absolute atomic E-state index is 12.6. The minimum Gasteiger partial charge on any atom is -0.355 e. The minimum absolute atomic E-state index is 0.227. The van der Waals surface area contributed by atoms with E-state index in [0.29, 0.717) is 5.76 Å². The molecule has 0 unspecified atom stereocenters. The van der Waals surface area contributed by atoms with Gasteiger partial charge in [0, 0.05) is 24.0 Å². The molecule has 0 radical (unpaired) electrons. The molecule has 1 atom stereocenters. The van der Waals surface area contributed by atoms with Crippen molar-refractivity contribution in [2.75, 3.05) is 0 Å². The van der Waals surface area contributed by atoms with Gasteiger partial charge in [-0.05, 0) is 24.6 Å². The Morgan fingerprint density at radius 1 is 1.07 bits per heavy atom. The second-order valence-electron chi connectivity index (χ2n) is 6.15. The van der Waals surface area contributed by atoms with Gasteiger partial charge < -0.3 is 9.84 Å². The van der Waals surface area contributed by atoms with E-state index in [1.807, 2.05) is 73.8 Å². The van der Waals surface area contributed by atoms with Gasteiger partial charge in [-0.25, -0.2) is 4.68 Å². The number of carbonyl (C=O) groups excluding carboxylic acids is 1. The maximum Gasteiger partial charge on any atom is 0.273 e. The molecule has 0 aliphatic carbocycles. The van der Waals surface area contributed by atoms with Gasteiger partial charge in [0.2, 0.25) is 0 Å². The number of carbonyl (C=O) groups is 1. The van der Waals surface area contributed by atoms with Crippen molar-refractivity contribution < 1.29 is 9.32 Å². The van der Waals surface area contributed by atoms with Crippen molar-refractivity contribution in [1.82, 2.24) is 20.3 Å². The Morgan fingerprint density at radius 3 is 2.63 bits per heavy atom. The van der Waals surface area contributed by atoms with E-state index in [1.54, 1.807) is 16.9 Å². The number of nitrogens with zero attached hydrogens (tertiary/aromatic N) is 3. The van der Waals surface area contributed by atoms with E-state index in [4.69, 9.17) is 4.52 Å². The lowest BCUT2D eigenvalue weighted by Gasteiger charge is -2.17. The molecule has 0 fully saturated rings. The topological polar surface area (TPSA) is 73.0 Å². The number of amides is 1. The van der Waals surface area contributed by atoms with Gasteiger partial charge in [0.1, 0.15) is 0 Å². The molecule has 0 saturated carbocycles. The first kappa shape index (κ1) is 16.8. The molecular weight excluding hydrogens is 340 g/mol. The Bertz CT molecular complexity index is 1040. The first-order valence-corrected chi connectivity index (χ1v) is 8.64. The van der Waals surface area contributed by atoms with E-state index in [9.17, 15) is 4.79 Å². The van der Waals surface area contributed by atoms with Gasteiger partial charge in [0.25, 0.3) is 5.91 Å². The average Bonchev–Trinajstić information content (AvgIpc) is 3.41. The van der Waals surface area contributed by atoms with Gasteiger partial charge >= 0.3 is 0 Å². The molecule has 0 spiro atoms. The molecule has 2 aromatic carbocycles. The Morgan fingerprint density at radius 2 is 1.85 bits per heavy atom. The molecule has 0 aliphatic rings. The lowest BCUT2D eigenvalue weighted by atomic mass is 10.1. The van der Waals surface area contributed by atoms with E-state index >= 15 is 0 Å². The summed E-state index contributed by atoms with van der Waals surface area (Å²) < 4.78 is 7.10. The third-order valence-electron chi connectivity index (χ3n) is 4.30. The number of rotatable bonds is 5. The summed E-state index contributed by atoms with van der Waals surface area (Å²) in [6.07, 6.45) is 3.59. The van der Waals surface area contributed by atoms with E-state index in [-0.39, 0.29) is 17.6 Å². The molecule has 134 valence electrons. The molecular formula is C21H18N4O2. The zero-order valence-corrected chi connectivity index (χ0v) is 14.7. The summed E-state index contributed by atoms with van der Waals surface area (Å²) in [7, 11) is 0. The molecule has 2 aromatic heterocycles. The van der Waals surface area contributed by atoms with Crippen LogP contribution in [0.4, 0.5) is 0 Å². The van der Waals surface area contributed by atoms with E-state index < -0.39 is 0 Å². The van der Waals surface area contributed by atoms with Crippen molar-refractivity contribution in [3.05, 3.63) is 90.4 Å². The van der Waals surface area contributed by atoms with Crippen LogP contribution in [0.3, 0.4) is 0 Å². The van der Waals surface area contributed by atoms with Crippen LogP contribution in [-0.2, 0) is 0 Å². The third-order valence-corrected chi connectivity index (χ3v) is 4.30. The lowest BCUT2D eigenvalue weighted by Crippen LogP contribution is -2.27. The van der Waals surface area contributed by atoms with Gasteiger partial charge in [-0.3, -0.25) is 4.79 Å². The number of hydrogen-bond acceptors (Lipinski definition) is 4. The number of aromatic nitrogens is 3. The molecule has 2 heterocycles. The molecule has 0 saturated heterocycles. The van der Waals surface area contributed by atoms with Crippen LogP contribution >= 0.6 is 0 Å². The van der Waals surface area contributed by atoms with Crippen LogP contribution in [0.15, 0.2) is 83.6 Å². The maximum atomic E-state index is 12.6. The molecule has 6 nitrogen and oxygen atoms in total. The number of benzene rings is 2. The molecule has 0 bridgehead atoms. The van der Waals surface area contributed by atoms with Crippen LogP contribution < -0.4 is 5.32 Å². The van der Waals surface area contributed by atoms with Crippen molar-refractivity contribution >= 4 is 5.91 Å². The van der Waals surface area contributed by atoms with Crippen molar-refractivity contribution in [3.8, 4) is 17.0 Å². The smallest absolute Gasteiger partial charge is 0.273 e. The predicted molar refractivity (Wildman–Crippen MR) is 101 cm³/mol. The van der Waals surface area contributed by atoms with Gasteiger partial charge in [-0.2, -0.15) is 5.10 Å². The molecule has 1 N–H and O–H groups in total. The van der Waals surface area contributed by atoms with E-state index in [0.717, 1.165) is 16.8 Å². The number of nitrogens with one attached hydrogen (secondary N) is 1. The van der Waals surface area contributed by atoms with Crippen molar-refractivity contribution in [1.29, 1.82) is 0 Å². The quantitative estimate of drug-likeness (QED) is 0.585. The number of para-hydroxylation sites is 1. The Hall–Kier alpha value is -3.67. The summed E-state index contributed by atoms with van der Waals surface area (Å²) in [5, 5.41) is 11.2. The van der Waals surface area contributed by atoms with Crippen molar-refractivity contribution in [2.45, 2.75) is 13.0 Å².